The van der Waals surface area contributed by atoms with E-state index in [0.29, 0.717) is 23.9 Å². The molecule has 0 saturated carbocycles. The van der Waals surface area contributed by atoms with Crippen molar-refractivity contribution in [1.82, 2.24) is 0 Å². The maximum Gasteiger partial charge on any atom is 0.306 e. The van der Waals surface area contributed by atoms with E-state index < -0.39 is 24.3 Å². The quantitative estimate of drug-likeness (QED) is 0.0195. The number of ether oxygens (including phenoxy) is 4. The third-order valence-corrected chi connectivity index (χ3v) is 14.2. The molecule has 0 aliphatic heterocycles. The number of hydrogen-bond donors (Lipinski definition) is 0. The first kappa shape index (κ1) is 75.5. The van der Waals surface area contributed by atoms with Crippen LogP contribution in [0.15, 0.2) is 85.1 Å². The summed E-state index contributed by atoms with van der Waals surface area (Å²) >= 11 is 0. The molecule has 0 fully saturated rings. The van der Waals surface area contributed by atoms with Gasteiger partial charge in [0.15, 0.2) is 12.4 Å². The summed E-state index contributed by atoms with van der Waals surface area (Å²) in [5, 5.41) is 11.8. The Bertz CT molecular complexity index is 1570. The third-order valence-electron chi connectivity index (χ3n) is 14.2. The normalized spacial score (nSPS) is 13.3. The van der Waals surface area contributed by atoms with E-state index in [1.54, 1.807) is 0 Å². The van der Waals surface area contributed by atoms with Crippen LogP contribution < -0.4 is 5.11 Å². The summed E-state index contributed by atoms with van der Waals surface area (Å²) in [6, 6.07) is 0. The van der Waals surface area contributed by atoms with Crippen LogP contribution in [0.5, 0.6) is 0 Å². The highest BCUT2D eigenvalue weighted by molar-refractivity contribution is 5.70. The van der Waals surface area contributed by atoms with Crippen LogP contribution in [0.4, 0.5) is 0 Å². The van der Waals surface area contributed by atoms with Gasteiger partial charge in [-0.2, -0.15) is 0 Å². The van der Waals surface area contributed by atoms with Crippen molar-refractivity contribution in [3.8, 4) is 0 Å². The summed E-state index contributed by atoms with van der Waals surface area (Å²) in [5.74, 6) is -2.29. The van der Waals surface area contributed by atoms with E-state index in [4.69, 9.17) is 18.9 Å². The minimum atomic E-state index is -1.63. The minimum absolute atomic E-state index is 0.143. The first-order valence-corrected chi connectivity index (χ1v) is 32.7. The van der Waals surface area contributed by atoms with Crippen molar-refractivity contribution < 1.29 is 42.9 Å². The van der Waals surface area contributed by atoms with Gasteiger partial charge in [-0.25, -0.2) is 0 Å². The number of carbonyl (C=O) groups is 3. The third kappa shape index (κ3) is 61.9. The molecule has 0 aromatic carbocycles. The average molecular weight is 1110 g/mol. The van der Waals surface area contributed by atoms with Crippen molar-refractivity contribution in [2.75, 3.05) is 47.5 Å². The van der Waals surface area contributed by atoms with E-state index in [2.05, 4.69) is 98.9 Å². The number of esters is 2. The van der Waals surface area contributed by atoms with E-state index in [1.807, 2.05) is 21.1 Å². The van der Waals surface area contributed by atoms with Crippen molar-refractivity contribution in [3.05, 3.63) is 85.1 Å². The molecule has 2 unspecified atom stereocenters. The number of allylic oxidation sites excluding steroid dienone is 14. The van der Waals surface area contributed by atoms with Crippen molar-refractivity contribution in [3.63, 3.8) is 0 Å². The lowest BCUT2D eigenvalue weighted by molar-refractivity contribution is -0.870. The Labute approximate surface area is 487 Å². The number of likely N-dealkylation sites (N-methyl/N-ethyl adjacent to an activating group) is 1. The Hall–Kier alpha value is -3.53. The molecule has 9 heteroatoms. The number of carboxylic acids is 1. The Morgan fingerprint density at radius 1 is 0.392 bits per heavy atom. The fraction of sp³-hybridized carbons (Fsp3) is 0.757. The fourth-order valence-electron chi connectivity index (χ4n) is 9.17. The molecule has 0 spiro atoms. The van der Waals surface area contributed by atoms with Gasteiger partial charge < -0.3 is 33.3 Å². The van der Waals surface area contributed by atoms with Crippen LogP contribution in [0.3, 0.4) is 0 Å². The van der Waals surface area contributed by atoms with Crippen molar-refractivity contribution in [1.29, 1.82) is 0 Å². The van der Waals surface area contributed by atoms with Gasteiger partial charge in [0.25, 0.3) is 0 Å². The zero-order valence-electron chi connectivity index (χ0n) is 52.0. The summed E-state index contributed by atoms with van der Waals surface area (Å²) in [6.45, 7) is 4.65. The van der Waals surface area contributed by atoms with Crippen LogP contribution >= 0.6 is 0 Å². The molecule has 0 aliphatic carbocycles. The molecular weight excluding hydrogens is 983 g/mol. The molecule has 0 heterocycles. The molecule has 0 aromatic rings. The molecule has 2 atom stereocenters. The molecule has 0 aliphatic rings. The van der Waals surface area contributed by atoms with Crippen LogP contribution in [0, 0.1) is 0 Å². The Kier molecular flexibility index (Phi) is 57.9. The van der Waals surface area contributed by atoms with Crippen molar-refractivity contribution >= 4 is 17.9 Å². The van der Waals surface area contributed by atoms with Gasteiger partial charge in [-0.05, 0) is 70.6 Å². The van der Waals surface area contributed by atoms with Crippen LogP contribution in [-0.4, -0.2) is 82.3 Å². The number of rotatable bonds is 60. The molecule has 0 aromatic heterocycles. The summed E-state index contributed by atoms with van der Waals surface area (Å²) in [4.78, 5) is 37.4. The first-order valence-electron chi connectivity index (χ1n) is 32.7. The minimum Gasteiger partial charge on any atom is -0.545 e. The molecule has 0 N–H and O–H groups in total. The van der Waals surface area contributed by atoms with E-state index in [0.717, 1.165) is 89.9 Å². The topological polar surface area (TPSA) is 111 Å². The van der Waals surface area contributed by atoms with Gasteiger partial charge in [0.1, 0.15) is 13.2 Å². The van der Waals surface area contributed by atoms with Gasteiger partial charge in [-0.15, -0.1) is 0 Å². The molecule has 0 amide bonds. The maximum absolute atomic E-state index is 12.9. The first-order chi connectivity index (χ1) is 38.6. The lowest BCUT2D eigenvalue weighted by atomic mass is 10.0. The Balaban J connectivity index is 4.21. The number of carboxylic acid groups (broad SMARTS) is 1. The zero-order chi connectivity index (χ0) is 57.6. The summed E-state index contributed by atoms with van der Waals surface area (Å²) in [6.07, 6.45) is 77.9. The highest BCUT2D eigenvalue weighted by Crippen LogP contribution is 2.17. The predicted octanol–water partition coefficient (Wildman–Crippen LogP) is 18.6. The van der Waals surface area contributed by atoms with Gasteiger partial charge in [-0.3, -0.25) is 9.59 Å². The van der Waals surface area contributed by atoms with Gasteiger partial charge in [0.05, 0.1) is 40.3 Å². The van der Waals surface area contributed by atoms with E-state index in [-0.39, 0.29) is 32.2 Å². The average Bonchev–Trinajstić information content (AvgIpc) is 3.42. The number of unbranched alkanes of at least 4 members (excludes halogenated alkanes) is 31. The number of quaternary nitrogens is 1. The van der Waals surface area contributed by atoms with E-state index >= 15 is 0 Å². The summed E-state index contributed by atoms with van der Waals surface area (Å²) < 4.78 is 22.8. The van der Waals surface area contributed by atoms with Crippen molar-refractivity contribution in [2.45, 2.75) is 296 Å². The largest absolute Gasteiger partial charge is 0.545 e. The summed E-state index contributed by atoms with van der Waals surface area (Å²) in [5.41, 5.74) is 0. The van der Waals surface area contributed by atoms with Crippen LogP contribution in [0.1, 0.15) is 284 Å². The molecule has 0 bridgehead atoms. The maximum atomic E-state index is 12.9. The second-order valence-electron chi connectivity index (χ2n) is 23.0. The van der Waals surface area contributed by atoms with Gasteiger partial charge >= 0.3 is 11.9 Å². The van der Waals surface area contributed by atoms with Gasteiger partial charge in [0, 0.05) is 12.8 Å². The number of carbonyl (C=O) groups excluding carboxylic acids is 3. The number of aliphatic carboxylic acids is 1. The second-order valence-corrected chi connectivity index (χ2v) is 23.0. The standard InChI is InChI=1S/C70H123NO8/c1-6-8-10-12-14-16-18-20-22-24-26-28-30-32-33-34-35-37-39-41-43-45-47-49-51-53-55-57-59-61-68(73)79-66(65-78-70(69(74)75)76-63-62-71(3,4)5)64-77-67(72)60-58-56-54-52-50-48-46-44-42-40-38-36-31-29-27-25-23-21-19-17-15-13-11-9-7-2/h8,10,14,16,20,22,26,28,32-33,35,37,41,43,66,70H,6-7,9,11-13,15,17-19,21,23-25,27,29-31,34,36,38-40,42,44-65H2,1-5H3/b10-8-,16-14-,22-20-,28-26-,33-32-,37-35-,43-41-. The molecule has 79 heavy (non-hydrogen) atoms. The Morgan fingerprint density at radius 3 is 1.08 bits per heavy atom. The van der Waals surface area contributed by atoms with E-state index in [9.17, 15) is 19.5 Å². The van der Waals surface area contributed by atoms with Crippen LogP contribution in [-0.2, 0) is 33.3 Å². The monoisotopic (exact) mass is 1110 g/mol. The van der Waals surface area contributed by atoms with Crippen LogP contribution in [0.25, 0.3) is 0 Å². The molecule has 9 nitrogen and oxygen atoms in total. The van der Waals surface area contributed by atoms with Crippen LogP contribution in [0.2, 0.25) is 0 Å². The summed E-state index contributed by atoms with van der Waals surface area (Å²) in [7, 11) is 5.92. The van der Waals surface area contributed by atoms with Gasteiger partial charge in [0.2, 0.25) is 0 Å². The SMILES string of the molecule is CC/C=C\C/C=C\C/C=C\C/C=C\C/C=C\C/C=C\C/C=C\CCCCCCCCCC(=O)OC(COC(=O)CCCCCCCCCCCCCCCCCCCCCCCCCCC)COC(OCC[N+](C)(C)C)C(=O)[O-]. The predicted molar refractivity (Wildman–Crippen MR) is 334 cm³/mol. The second kappa shape index (κ2) is 60.6. The fourth-order valence-corrected chi connectivity index (χ4v) is 9.17. The number of hydrogen-bond acceptors (Lipinski definition) is 8. The lowest BCUT2D eigenvalue weighted by Crippen LogP contribution is -2.44. The highest BCUT2D eigenvalue weighted by atomic mass is 16.7. The molecule has 0 radical (unpaired) electrons. The molecule has 0 saturated heterocycles. The molecule has 456 valence electrons. The zero-order valence-corrected chi connectivity index (χ0v) is 52.0. The molecule has 0 rings (SSSR count). The van der Waals surface area contributed by atoms with E-state index in [1.165, 1.54) is 161 Å². The number of nitrogens with zero attached hydrogens (tertiary/aromatic N) is 1. The highest BCUT2D eigenvalue weighted by Gasteiger charge is 2.22. The Morgan fingerprint density at radius 2 is 0.722 bits per heavy atom. The smallest absolute Gasteiger partial charge is 0.306 e. The lowest BCUT2D eigenvalue weighted by Gasteiger charge is -2.26. The van der Waals surface area contributed by atoms with Gasteiger partial charge in [-0.1, -0.05) is 285 Å². The van der Waals surface area contributed by atoms with Crippen molar-refractivity contribution in [2.24, 2.45) is 0 Å². The molecular formula is C70H123NO8.